The number of ether oxygens (including phenoxy) is 2. The maximum Gasteiger partial charge on any atom is 0.325 e. The number of carbonyl (C=O) groups excluding carboxylic acids is 3. The Morgan fingerprint density at radius 2 is 1.65 bits per heavy atom. The van der Waals surface area contributed by atoms with Gasteiger partial charge in [0, 0.05) is 31.5 Å². The fraction of sp³-hybridized carbons (Fsp3) is 0.846. The highest BCUT2D eigenvalue weighted by atomic mass is 16.5. The number of allylic oxidation sites excluding steroid dienone is 2. The number of carboxylic acids is 1. The Labute approximate surface area is 287 Å². The molecule has 1 saturated heterocycles. The Bertz CT molecular complexity index is 1370. The average Bonchev–Trinajstić information content (AvgIpc) is 3.02. The molecule has 5 aliphatic carbocycles. The fourth-order valence-corrected chi connectivity index (χ4v) is 12.3. The van der Waals surface area contributed by atoms with Gasteiger partial charge in [0.2, 0.25) is 5.91 Å². The molecule has 6 aliphatic rings. The summed E-state index contributed by atoms with van der Waals surface area (Å²) in [6, 6.07) is 0. The Kier molecular flexibility index (Phi) is 9.04. The lowest BCUT2D eigenvalue weighted by Crippen LogP contribution is -2.66. The van der Waals surface area contributed by atoms with Crippen molar-refractivity contribution in [2.24, 2.45) is 56.2 Å². The molecule has 9 atom stereocenters. The fourth-order valence-electron chi connectivity index (χ4n) is 12.3. The van der Waals surface area contributed by atoms with Gasteiger partial charge in [0.15, 0.2) is 5.78 Å². The first-order chi connectivity index (χ1) is 22.4. The Morgan fingerprint density at radius 3 is 2.33 bits per heavy atom. The molecule has 2 N–H and O–H groups in total. The molecule has 0 spiro atoms. The normalized spacial score (nSPS) is 43.8. The molecule has 4 saturated carbocycles. The van der Waals surface area contributed by atoms with Gasteiger partial charge in [-0.15, -0.1) is 0 Å². The van der Waals surface area contributed by atoms with Crippen molar-refractivity contribution in [3.63, 3.8) is 0 Å². The summed E-state index contributed by atoms with van der Waals surface area (Å²) >= 11 is 0. The third kappa shape index (κ3) is 5.48. The first-order valence-electron chi connectivity index (χ1n) is 18.6. The number of hydrogen-bond acceptors (Lipinski definition) is 7. The first-order valence-corrected chi connectivity index (χ1v) is 18.6. The average molecular weight is 669 g/mol. The highest BCUT2D eigenvalue weighted by molar-refractivity contribution is 5.96. The molecule has 0 aromatic rings. The third-order valence-corrected chi connectivity index (χ3v) is 15.6. The van der Waals surface area contributed by atoms with Crippen LogP contribution in [-0.4, -0.2) is 79.6 Å². The second kappa shape index (κ2) is 12.2. The molecule has 5 fully saturated rings. The summed E-state index contributed by atoms with van der Waals surface area (Å²) in [5, 5.41) is 13.1. The van der Waals surface area contributed by atoms with Crippen molar-refractivity contribution in [2.45, 2.75) is 106 Å². The summed E-state index contributed by atoms with van der Waals surface area (Å²) in [6.07, 6.45) is 9.54. The minimum absolute atomic E-state index is 0.0213. The second-order valence-electron chi connectivity index (χ2n) is 18.4. The van der Waals surface area contributed by atoms with E-state index in [1.165, 1.54) is 5.57 Å². The van der Waals surface area contributed by atoms with Crippen molar-refractivity contribution >= 4 is 23.6 Å². The lowest BCUT2D eigenvalue weighted by atomic mass is 9.33. The summed E-state index contributed by atoms with van der Waals surface area (Å²) in [5.41, 5.74) is -0.574. The number of nitrogens with one attached hydrogen (secondary N) is 1. The SMILES string of the molecule is CC1(C)[C@@H](C(=O)NCC(=O)OCCN2CCOCC2)CC[C@]2(C)[C@H]3C(=O)C=C4[C@@H]5C[C@@](C)(C(=O)O)CC[C@]5(C)CC[C@@]4(C)[C@]3(C)CC[C@@H]12. The lowest BCUT2D eigenvalue weighted by Gasteiger charge is -2.70. The van der Waals surface area contributed by atoms with Crippen LogP contribution in [0.5, 0.6) is 0 Å². The molecule has 1 heterocycles. The van der Waals surface area contributed by atoms with Crippen LogP contribution < -0.4 is 5.32 Å². The summed E-state index contributed by atoms with van der Waals surface area (Å²) in [6.45, 7) is 19.6. The highest BCUT2D eigenvalue weighted by Gasteiger charge is 2.70. The van der Waals surface area contributed by atoms with Crippen LogP contribution in [0.3, 0.4) is 0 Å². The van der Waals surface area contributed by atoms with Crippen LogP contribution in [-0.2, 0) is 28.7 Å². The minimum atomic E-state index is -0.768. The van der Waals surface area contributed by atoms with E-state index in [4.69, 9.17) is 9.47 Å². The molecular formula is C39H60N2O7. The van der Waals surface area contributed by atoms with Crippen molar-refractivity contribution in [1.29, 1.82) is 0 Å². The van der Waals surface area contributed by atoms with Gasteiger partial charge in [-0.25, -0.2) is 0 Å². The number of carboxylic acid groups (broad SMARTS) is 1. The van der Waals surface area contributed by atoms with Crippen molar-refractivity contribution in [3.05, 3.63) is 11.6 Å². The van der Waals surface area contributed by atoms with Gasteiger partial charge >= 0.3 is 11.9 Å². The van der Waals surface area contributed by atoms with E-state index in [9.17, 15) is 24.3 Å². The number of nitrogens with zero attached hydrogens (tertiary/aromatic N) is 1. The van der Waals surface area contributed by atoms with Crippen LogP contribution >= 0.6 is 0 Å². The molecule has 1 aliphatic heterocycles. The predicted molar refractivity (Wildman–Crippen MR) is 182 cm³/mol. The highest BCUT2D eigenvalue weighted by Crippen LogP contribution is 2.75. The largest absolute Gasteiger partial charge is 0.481 e. The first kappa shape index (κ1) is 35.6. The van der Waals surface area contributed by atoms with Crippen LogP contribution in [0, 0.1) is 56.2 Å². The van der Waals surface area contributed by atoms with Crippen molar-refractivity contribution < 1.29 is 33.8 Å². The van der Waals surface area contributed by atoms with E-state index in [0.717, 1.165) is 51.6 Å². The van der Waals surface area contributed by atoms with Gasteiger partial charge in [-0.1, -0.05) is 47.1 Å². The van der Waals surface area contributed by atoms with E-state index in [1.54, 1.807) is 0 Å². The van der Waals surface area contributed by atoms with Crippen molar-refractivity contribution in [2.75, 3.05) is 46.0 Å². The van der Waals surface area contributed by atoms with E-state index >= 15 is 0 Å². The molecule has 0 unspecified atom stereocenters. The number of hydrogen-bond donors (Lipinski definition) is 2. The molecule has 48 heavy (non-hydrogen) atoms. The molecule has 1 amide bonds. The van der Waals surface area contributed by atoms with Gasteiger partial charge in [0.25, 0.3) is 0 Å². The molecule has 6 rings (SSSR count). The van der Waals surface area contributed by atoms with Crippen LogP contribution in [0.1, 0.15) is 106 Å². The summed E-state index contributed by atoms with van der Waals surface area (Å²) < 4.78 is 10.8. The van der Waals surface area contributed by atoms with Gasteiger partial charge in [0.05, 0.1) is 18.6 Å². The number of fused-ring (bicyclic) bond motifs is 7. The van der Waals surface area contributed by atoms with E-state index in [2.05, 4.69) is 51.8 Å². The Balaban J connectivity index is 1.18. The maximum atomic E-state index is 14.6. The maximum absolute atomic E-state index is 14.6. The van der Waals surface area contributed by atoms with Crippen LogP contribution in [0.15, 0.2) is 11.6 Å². The van der Waals surface area contributed by atoms with E-state index in [0.29, 0.717) is 45.6 Å². The number of rotatable bonds is 7. The van der Waals surface area contributed by atoms with Crippen molar-refractivity contribution in [1.82, 2.24) is 10.2 Å². The number of morpholine rings is 1. The zero-order chi connectivity index (χ0) is 34.9. The Morgan fingerprint density at radius 1 is 0.958 bits per heavy atom. The van der Waals surface area contributed by atoms with Gasteiger partial charge in [0.1, 0.15) is 13.2 Å². The van der Waals surface area contributed by atoms with E-state index < -0.39 is 17.4 Å². The molecular weight excluding hydrogens is 608 g/mol. The number of amides is 1. The Hall–Kier alpha value is -2.26. The topological polar surface area (TPSA) is 122 Å². The zero-order valence-corrected chi connectivity index (χ0v) is 30.5. The molecule has 9 heteroatoms. The van der Waals surface area contributed by atoms with Gasteiger partial charge in [-0.3, -0.25) is 24.1 Å². The zero-order valence-electron chi connectivity index (χ0n) is 30.5. The third-order valence-electron chi connectivity index (χ3n) is 15.6. The summed E-state index contributed by atoms with van der Waals surface area (Å²) in [7, 11) is 0. The molecule has 0 bridgehead atoms. The van der Waals surface area contributed by atoms with Crippen molar-refractivity contribution in [3.8, 4) is 0 Å². The predicted octanol–water partition coefficient (Wildman–Crippen LogP) is 5.66. The van der Waals surface area contributed by atoms with E-state index in [-0.39, 0.29) is 69.0 Å². The molecule has 0 aromatic heterocycles. The number of ketones is 1. The number of esters is 1. The molecule has 9 nitrogen and oxygen atoms in total. The molecule has 268 valence electrons. The van der Waals surface area contributed by atoms with Gasteiger partial charge in [-0.05, 0) is 110 Å². The monoisotopic (exact) mass is 668 g/mol. The molecule has 0 radical (unpaired) electrons. The van der Waals surface area contributed by atoms with Gasteiger partial charge < -0.3 is 19.9 Å². The van der Waals surface area contributed by atoms with Gasteiger partial charge in [-0.2, -0.15) is 0 Å². The summed E-state index contributed by atoms with van der Waals surface area (Å²) in [5.74, 6) is -1.17. The van der Waals surface area contributed by atoms with Crippen LogP contribution in [0.25, 0.3) is 0 Å². The van der Waals surface area contributed by atoms with E-state index in [1.807, 2.05) is 13.0 Å². The quantitative estimate of drug-likeness (QED) is 0.334. The lowest BCUT2D eigenvalue weighted by molar-refractivity contribution is -0.194. The second-order valence-corrected chi connectivity index (χ2v) is 18.4. The molecule has 0 aromatic carbocycles. The van der Waals surface area contributed by atoms with Crippen LogP contribution in [0.4, 0.5) is 0 Å². The smallest absolute Gasteiger partial charge is 0.325 e. The summed E-state index contributed by atoms with van der Waals surface area (Å²) in [4.78, 5) is 55.4. The van der Waals surface area contributed by atoms with Crippen LogP contribution in [0.2, 0.25) is 0 Å². The standard InChI is InChI=1S/C39H60N2O7/c1-34(2)25(32(44)40-24-30(43)48-21-18-41-16-19-47-20-17-41)8-10-37(5)29(34)9-11-39(7)31(37)28(42)22-26-27-23-36(4,33(45)46)13-12-35(27,3)14-15-38(26,39)6/h22,25,27,29,31H,8-21,23-24H2,1-7H3,(H,40,44)(H,45,46)/t25-,27+,29+,31-,35-,36+,37+,38-,39-/m1/s1. The number of aliphatic carboxylic acids is 1. The minimum Gasteiger partial charge on any atom is -0.481 e. The number of carbonyl (C=O) groups is 4.